The summed E-state index contributed by atoms with van der Waals surface area (Å²) in [6.45, 7) is 0. The summed E-state index contributed by atoms with van der Waals surface area (Å²) < 4.78 is 11.8. The quantitative estimate of drug-likeness (QED) is 0.574. The Hall–Kier alpha value is -2.10. The van der Waals surface area contributed by atoms with Crippen molar-refractivity contribution in [1.82, 2.24) is 28.8 Å². The van der Waals surface area contributed by atoms with Crippen LogP contribution in [0.3, 0.4) is 0 Å². The van der Waals surface area contributed by atoms with Crippen molar-refractivity contribution in [2.45, 2.75) is 0 Å². The molecule has 102 valence electrons. The second-order valence-electron chi connectivity index (χ2n) is 4.17. The minimum Gasteiger partial charge on any atom is -0.138 e. The monoisotopic (exact) mass is 330 g/mol. The maximum absolute atomic E-state index is 4.13. The van der Waals surface area contributed by atoms with Crippen LogP contribution in [0.25, 0.3) is 33.8 Å². The number of aromatic nitrogens is 6. The molecule has 0 saturated heterocycles. The van der Waals surface area contributed by atoms with E-state index in [0.717, 1.165) is 33.8 Å². The molecule has 0 bridgehead atoms. The molecule has 0 aliphatic heterocycles. The first kappa shape index (κ1) is 12.6. The summed E-state index contributed by atoms with van der Waals surface area (Å²) in [4.78, 5) is 0. The van der Waals surface area contributed by atoms with E-state index in [1.165, 1.54) is 34.6 Å². The van der Waals surface area contributed by atoms with Gasteiger partial charge in [0.25, 0.3) is 0 Å². The first-order chi connectivity index (χ1) is 10.4. The van der Waals surface area contributed by atoms with Crippen molar-refractivity contribution < 1.29 is 0 Å². The minimum absolute atomic E-state index is 0.842. The lowest BCUT2D eigenvalue weighted by Crippen LogP contribution is -1.87. The van der Waals surface area contributed by atoms with E-state index in [1.54, 1.807) is 0 Å². The number of benzene rings is 1. The molecule has 0 fully saturated rings. The van der Waals surface area contributed by atoms with Gasteiger partial charge in [0.1, 0.15) is 17.1 Å². The third-order valence-corrected chi connectivity index (χ3v) is 4.41. The zero-order valence-corrected chi connectivity index (χ0v) is 12.8. The van der Waals surface area contributed by atoms with E-state index in [2.05, 4.69) is 28.8 Å². The van der Waals surface area contributed by atoms with Crippen LogP contribution in [0.1, 0.15) is 0 Å². The van der Waals surface area contributed by atoms with Crippen molar-refractivity contribution in [3.05, 3.63) is 34.3 Å². The third-order valence-electron chi connectivity index (χ3n) is 2.90. The molecule has 9 heteroatoms. The number of nitrogens with zero attached hydrogens (tertiary/aromatic N) is 6. The summed E-state index contributed by atoms with van der Waals surface area (Å²) in [5, 5.41) is 18.2. The standard InChI is InChI=1S/C12H6N6S3/c1-7(10-4-19-16-13-10)2-9(12-6-21-18-15-12)3-8(1)11-5-20-17-14-11/h1-6H. The van der Waals surface area contributed by atoms with Crippen LogP contribution >= 0.6 is 34.6 Å². The van der Waals surface area contributed by atoms with E-state index in [-0.39, 0.29) is 0 Å². The van der Waals surface area contributed by atoms with Gasteiger partial charge in [-0.1, -0.05) is 13.5 Å². The van der Waals surface area contributed by atoms with Gasteiger partial charge in [0.2, 0.25) is 0 Å². The molecule has 0 aliphatic rings. The van der Waals surface area contributed by atoms with Gasteiger partial charge in [0, 0.05) is 32.8 Å². The highest BCUT2D eigenvalue weighted by Crippen LogP contribution is 2.31. The SMILES string of the molecule is c1c(-c2csnn2)cc(-c2csnn2)cc1-c1csnn1. The second kappa shape index (κ2) is 5.35. The lowest BCUT2D eigenvalue weighted by molar-refractivity contribution is 1.15. The van der Waals surface area contributed by atoms with E-state index in [1.807, 2.05) is 34.3 Å². The fourth-order valence-corrected chi connectivity index (χ4v) is 3.34. The number of hydrogen-bond donors (Lipinski definition) is 0. The first-order valence-corrected chi connectivity index (χ1v) is 8.38. The summed E-state index contributed by atoms with van der Waals surface area (Å²) in [6.07, 6.45) is 0. The lowest BCUT2D eigenvalue weighted by Gasteiger charge is -2.04. The zero-order valence-electron chi connectivity index (χ0n) is 10.4. The zero-order chi connectivity index (χ0) is 14.1. The molecule has 0 spiro atoms. The molecule has 0 unspecified atom stereocenters. The van der Waals surface area contributed by atoms with Crippen molar-refractivity contribution in [2.75, 3.05) is 0 Å². The van der Waals surface area contributed by atoms with Crippen LogP contribution < -0.4 is 0 Å². The Morgan fingerprint density at radius 3 is 1.10 bits per heavy atom. The van der Waals surface area contributed by atoms with Crippen molar-refractivity contribution in [2.24, 2.45) is 0 Å². The van der Waals surface area contributed by atoms with Gasteiger partial charge in [-0.05, 0) is 52.8 Å². The number of hydrogen-bond acceptors (Lipinski definition) is 9. The Kier molecular flexibility index (Phi) is 3.22. The van der Waals surface area contributed by atoms with Crippen LogP contribution in [0.5, 0.6) is 0 Å². The molecular formula is C12H6N6S3. The molecule has 3 aromatic heterocycles. The molecule has 4 rings (SSSR count). The third kappa shape index (κ3) is 2.46. The molecule has 1 aromatic carbocycles. The Balaban J connectivity index is 1.92. The number of rotatable bonds is 3. The van der Waals surface area contributed by atoms with Crippen molar-refractivity contribution in [1.29, 1.82) is 0 Å². The van der Waals surface area contributed by atoms with Gasteiger partial charge in [-0.15, -0.1) is 15.3 Å². The fourth-order valence-electron chi connectivity index (χ4n) is 1.94. The van der Waals surface area contributed by atoms with E-state index in [4.69, 9.17) is 0 Å². The van der Waals surface area contributed by atoms with Crippen LogP contribution in [0.2, 0.25) is 0 Å². The summed E-state index contributed by atoms with van der Waals surface area (Å²) in [5.74, 6) is 0. The van der Waals surface area contributed by atoms with Gasteiger partial charge in [-0.25, -0.2) is 0 Å². The van der Waals surface area contributed by atoms with Crippen LogP contribution in [0, 0.1) is 0 Å². The maximum atomic E-state index is 4.13. The van der Waals surface area contributed by atoms with Gasteiger partial charge in [-0.2, -0.15) is 0 Å². The average Bonchev–Trinajstić information content (AvgIpc) is 3.29. The largest absolute Gasteiger partial charge is 0.138 e. The average molecular weight is 330 g/mol. The normalized spacial score (nSPS) is 10.9. The summed E-state index contributed by atoms with van der Waals surface area (Å²) >= 11 is 3.98. The van der Waals surface area contributed by atoms with E-state index in [9.17, 15) is 0 Å². The lowest BCUT2D eigenvalue weighted by atomic mass is 10.0. The van der Waals surface area contributed by atoms with Crippen LogP contribution in [0.4, 0.5) is 0 Å². The van der Waals surface area contributed by atoms with Crippen molar-refractivity contribution in [3.8, 4) is 33.8 Å². The highest BCUT2D eigenvalue weighted by atomic mass is 32.1. The summed E-state index contributed by atoms with van der Waals surface area (Å²) in [7, 11) is 0. The Morgan fingerprint density at radius 2 is 0.857 bits per heavy atom. The predicted molar refractivity (Wildman–Crippen MR) is 83.2 cm³/mol. The van der Waals surface area contributed by atoms with Gasteiger partial charge in [0.05, 0.1) is 0 Å². The Morgan fingerprint density at radius 1 is 0.524 bits per heavy atom. The molecule has 0 radical (unpaired) electrons. The topological polar surface area (TPSA) is 77.3 Å². The molecule has 0 N–H and O–H groups in total. The van der Waals surface area contributed by atoms with Crippen LogP contribution in [-0.2, 0) is 0 Å². The van der Waals surface area contributed by atoms with E-state index >= 15 is 0 Å². The molecule has 0 amide bonds. The molecular weight excluding hydrogens is 324 g/mol. The van der Waals surface area contributed by atoms with Gasteiger partial charge < -0.3 is 0 Å². The summed E-state index contributed by atoms with van der Waals surface area (Å²) in [5.41, 5.74) is 5.48. The molecule has 4 aromatic rings. The Labute approximate surface area is 131 Å². The van der Waals surface area contributed by atoms with Crippen molar-refractivity contribution >= 4 is 34.6 Å². The molecule has 0 saturated carbocycles. The molecule has 6 nitrogen and oxygen atoms in total. The minimum atomic E-state index is 0.842. The molecule has 0 atom stereocenters. The van der Waals surface area contributed by atoms with Crippen molar-refractivity contribution in [3.63, 3.8) is 0 Å². The van der Waals surface area contributed by atoms with Gasteiger partial charge in [-0.3, -0.25) is 0 Å². The highest BCUT2D eigenvalue weighted by molar-refractivity contribution is 7.04. The molecule has 21 heavy (non-hydrogen) atoms. The highest BCUT2D eigenvalue weighted by Gasteiger charge is 2.11. The van der Waals surface area contributed by atoms with E-state index < -0.39 is 0 Å². The summed E-state index contributed by atoms with van der Waals surface area (Å²) in [6, 6.07) is 6.12. The molecule has 3 heterocycles. The van der Waals surface area contributed by atoms with Crippen LogP contribution in [-0.4, -0.2) is 28.8 Å². The van der Waals surface area contributed by atoms with Gasteiger partial charge >= 0.3 is 0 Å². The van der Waals surface area contributed by atoms with Gasteiger partial charge in [0.15, 0.2) is 0 Å². The Bertz CT molecular complexity index is 712. The fraction of sp³-hybridized carbons (Fsp3) is 0. The smallest absolute Gasteiger partial charge is 0.105 e. The second-order valence-corrected chi connectivity index (χ2v) is 6.00. The van der Waals surface area contributed by atoms with Crippen LogP contribution in [0.15, 0.2) is 34.3 Å². The molecule has 0 aliphatic carbocycles. The van der Waals surface area contributed by atoms with E-state index in [0.29, 0.717) is 0 Å². The first-order valence-electron chi connectivity index (χ1n) is 5.87. The maximum Gasteiger partial charge on any atom is 0.105 e. The predicted octanol–water partition coefficient (Wildman–Crippen LogP) is 3.24.